The average molecular weight is 222 g/mol. The van der Waals surface area contributed by atoms with Gasteiger partial charge < -0.3 is 10.3 Å². The fourth-order valence-corrected chi connectivity index (χ4v) is 1.73. The third-order valence-electron chi connectivity index (χ3n) is 2.46. The summed E-state index contributed by atoms with van der Waals surface area (Å²) in [5.41, 5.74) is 6.02. The first-order valence-electron chi connectivity index (χ1n) is 5.12. The lowest BCUT2D eigenvalue weighted by atomic mass is 10.1. The summed E-state index contributed by atoms with van der Waals surface area (Å²) >= 11 is 0. The molecule has 0 aliphatic rings. The van der Waals surface area contributed by atoms with E-state index < -0.39 is 0 Å². The number of nitrogens with zero attached hydrogens (tertiary/aromatic N) is 3. The number of fused-ring (bicyclic) bond motifs is 1. The molecule has 0 aromatic carbocycles. The predicted octanol–water partition coefficient (Wildman–Crippen LogP) is 2.22. The number of aryl methyl sites for hydroxylation is 1. The maximum Gasteiger partial charge on any atom is 0.154 e. The molecule has 0 bridgehead atoms. The van der Waals surface area contributed by atoms with E-state index >= 15 is 0 Å². The van der Waals surface area contributed by atoms with Crippen molar-refractivity contribution >= 4 is 16.9 Å². The molecule has 2 heterocycles. The van der Waals surface area contributed by atoms with Crippen LogP contribution in [0.5, 0.6) is 0 Å². The first kappa shape index (κ1) is 10.9. The van der Waals surface area contributed by atoms with Crippen molar-refractivity contribution in [1.29, 1.82) is 0 Å². The first-order chi connectivity index (χ1) is 7.30. The Bertz CT molecular complexity index is 551. The van der Waals surface area contributed by atoms with Gasteiger partial charge in [0.25, 0.3) is 0 Å². The molecule has 5 heteroatoms. The van der Waals surface area contributed by atoms with Crippen molar-refractivity contribution in [2.75, 3.05) is 5.73 Å². The average Bonchev–Trinajstić information content (AvgIpc) is 2.41. The van der Waals surface area contributed by atoms with E-state index in [0.29, 0.717) is 16.9 Å². The molecular formula is C11H15FN4. The van der Waals surface area contributed by atoms with Gasteiger partial charge in [0.05, 0.1) is 5.39 Å². The van der Waals surface area contributed by atoms with Crippen LogP contribution in [0.1, 0.15) is 26.6 Å². The first-order valence-corrected chi connectivity index (χ1v) is 5.12. The van der Waals surface area contributed by atoms with Crippen LogP contribution >= 0.6 is 0 Å². The van der Waals surface area contributed by atoms with E-state index in [0.717, 1.165) is 0 Å². The zero-order chi connectivity index (χ0) is 12.1. The molecule has 0 unspecified atom stereocenters. The lowest BCUT2D eigenvalue weighted by Crippen LogP contribution is -2.21. The van der Waals surface area contributed by atoms with Crippen LogP contribution in [0.15, 0.2) is 6.20 Å². The number of aromatic nitrogens is 3. The van der Waals surface area contributed by atoms with Crippen LogP contribution in [0.2, 0.25) is 0 Å². The fourth-order valence-electron chi connectivity index (χ4n) is 1.73. The van der Waals surface area contributed by atoms with Gasteiger partial charge in [-0.1, -0.05) is 0 Å². The Morgan fingerprint density at radius 3 is 2.50 bits per heavy atom. The van der Waals surface area contributed by atoms with Gasteiger partial charge in [0.1, 0.15) is 17.3 Å². The van der Waals surface area contributed by atoms with Gasteiger partial charge in [0.15, 0.2) is 5.82 Å². The quantitative estimate of drug-likeness (QED) is 0.743. The molecule has 16 heavy (non-hydrogen) atoms. The van der Waals surface area contributed by atoms with Crippen molar-refractivity contribution in [2.24, 2.45) is 0 Å². The summed E-state index contributed by atoms with van der Waals surface area (Å²) in [5, 5.41) is 0.306. The van der Waals surface area contributed by atoms with E-state index in [4.69, 9.17) is 5.73 Å². The van der Waals surface area contributed by atoms with Gasteiger partial charge in [-0.15, -0.1) is 0 Å². The minimum absolute atomic E-state index is 0.197. The van der Waals surface area contributed by atoms with Gasteiger partial charge in [-0.3, -0.25) is 0 Å². The van der Waals surface area contributed by atoms with Crippen LogP contribution < -0.4 is 5.73 Å². The molecule has 0 spiro atoms. The molecule has 2 aromatic rings. The molecule has 0 atom stereocenters. The molecule has 4 nitrogen and oxygen atoms in total. The number of nitrogen functional groups attached to an aromatic ring is 1. The molecule has 0 aliphatic carbocycles. The van der Waals surface area contributed by atoms with Gasteiger partial charge in [-0.2, -0.15) is 0 Å². The van der Waals surface area contributed by atoms with Crippen molar-refractivity contribution in [3.8, 4) is 0 Å². The van der Waals surface area contributed by atoms with E-state index in [1.54, 1.807) is 11.5 Å². The summed E-state index contributed by atoms with van der Waals surface area (Å²) < 4.78 is 15.5. The number of rotatable bonds is 0. The van der Waals surface area contributed by atoms with Gasteiger partial charge in [-0.25, -0.2) is 14.4 Å². The highest BCUT2D eigenvalue weighted by atomic mass is 19.1. The number of hydrogen-bond acceptors (Lipinski definition) is 3. The molecule has 0 saturated carbocycles. The molecule has 86 valence electrons. The predicted molar refractivity (Wildman–Crippen MR) is 61.6 cm³/mol. The van der Waals surface area contributed by atoms with Crippen LogP contribution in [-0.2, 0) is 5.54 Å². The van der Waals surface area contributed by atoms with Crippen LogP contribution in [0.3, 0.4) is 0 Å². The molecule has 2 N–H and O–H groups in total. The normalized spacial score (nSPS) is 12.3. The minimum atomic E-state index is -0.373. The highest BCUT2D eigenvalue weighted by Gasteiger charge is 2.21. The summed E-state index contributed by atoms with van der Waals surface area (Å²) in [6.07, 6.45) is 1.43. The Balaban J connectivity index is 2.89. The lowest BCUT2D eigenvalue weighted by Gasteiger charge is -2.21. The van der Waals surface area contributed by atoms with E-state index in [-0.39, 0.29) is 17.2 Å². The molecule has 0 fully saturated rings. The van der Waals surface area contributed by atoms with Crippen molar-refractivity contribution in [3.63, 3.8) is 0 Å². The number of hydrogen-bond donors (Lipinski definition) is 1. The maximum absolute atomic E-state index is 13.7. The topological polar surface area (TPSA) is 56.7 Å². The van der Waals surface area contributed by atoms with Crippen LogP contribution in [0.4, 0.5) is 10.2 Å². The molecule has 0 saturated heterocycles. The third-order valence-corrected chi connectivity index (χ3v) is 2.46. The van der Waals surface area contributed by atoms with Gasteiger partial charge >= 0.3 is 0 Å². The van der Waals surface area contributed by atoms with Gasteiger partial charge in [-0.05, 0) is 27.7 Å². The second-order valence-electron chi connectivity index (χ2n) is 4.87. The zero-order valence-electron chi connectivity index (χ0n) is 9.87. The molecule has 2 rings (SSSR count). The van der Waals surface area contributed by atoms with Crippen molar-refractivity contribution in [3.05, 3.63) is 17.8 Å². The van der Waals surface area contributed by atoms with Crippen molar-refractivity contribution < 1.29 is 4.39 Å². The van der Waals surface area contributed by atoms with E-state index in [1.807, 2.05) is 20.8 Å². The summed E-state index contributed by atoms with van der Waals surface area (Å²) in [7, 11) is 0. The highest BCUT2D eigenvalue weighted by molar-refractivity contribution is 5.87. The molecule has 0 aliphatic heterocycles. The number of halogens is 1. The Morgan fingerprint density at radius 2 is 1.94 bits per heavy atom. The van der Waals surface area contributed by atoms with Crippen molar-refractivity contribution in [2.45, 2.75) is 33.2 Å². The van der Waals surface area contributed by atoms with Crippen LogP contribution in [0, 0.1) is 12.7 Å². The Labute approximate surface area is 93.3 Å². The second-order valence-corrected chi connectivity index (χ2v) is 4.87. The van der Waals surface area contributed by atoms with Crippen LogP contribution in [-0.4, -0.2) is 14.5 Å². The van der Waals surface area contributed by atoms with E-state index in [2.05, 4.69) is 9.97 Å². The van der Waals surface area contributed by atoms with Crippen LogP contribution in [0.25, 0.3) is 11.0 Å². The monoisotopic (exact) mass is 222 g/mol. The summed E-state index contributed by atoms with van der Waals surface area (Å²) in [5.74, 6) is 0.374. The number of anilines is 1. The molecule has 0 amide bonds. The smallest absolute Gasteiger partial charge is 0.154 e. The largest absolute Gasteiger partial charge is 0.383 e. The SMILES string of the molecule is Cc1nc(N)c2c(F)cn(C(C)(C)C)c2n1. The van der Waals surface area contributed by atoms with Gasteiger partial charge in [0, 0.05) is 11.7 Å². The van der Waals surface area contributed by atoms with E-state index in [1.165, 1.54) is 6.20 Å². The van der Waals surface area contributed by atoms with Gasteiger partial charge in [0.2, 0.25) is 0 Å². The molecule has 0 radical (unpaired) electrons. The lowest BCUT2D eigenvalue weighted by molar-refractivity contribution is 0.403. The Hall–Kier alpha value is -1.65. The number of nitrogens with two attached hydrogens (primary N) is 1. The Kier molecular flexibility index (Phi) is 2.15. The fraction of sp³-hybridized carbons (Fsp3) is 0.455. The second kappa shape index (κ2) is 3.17. The minimum Gasteiger partial charge on any atom is -0.383 e. The molecular weight excluding hydrogens is 207 g/mol. The summed E-state index contributed by atoms with van der Waals surface area (Å²) in [6.45, 7) is 7.70. The van der Waals surface area contributed by atoms with E-state index in [9.17, 15) is 4.39 Å². The standard InChI is InChI=1S/C11H15FN4/c1-6-14-9(13)8-7(12)5-16(10(8)15-6)11(2,3)4/h5H,1-4H3,(H2,13,14,15). The molecule has 2 aromatic heterocycles. The third kappa shape index (κ3) is 1.52. The summed E-state index contributed by atoms with van der Waals surface area (Å²) in [4.78, 5) is 8.23. The Morgan fingerprint density at radius 1 is 1.31 bits per heavy atom. The highest BCUT2D eigenvalue weighted by Crippen LogP contribution is 2.28. The maximum atomic E-state index is 13.7. The van der Waals surface area contributed by atoms with Crippen molar-refractivity contribution in [1.82, 2.24) is 14.5 Å². The zero-order valence-corrected chi connectivity index (χ0v) is 9.87. The summed E-state index contributed by atoms with van der Waals surface area (Å²) in [6, 6.07) is 0.